The minimum atomic E-state index is -0.454. The number of benzene rings is 2. The largest absolute Gasteiger partial charge is 0.494 e. The van der Waals surface area contributed by atoms with Crippen molar-refractivity contribution in [2.75, 3.05) is 25.0 Å². The molecule has 0 aliphatic rings. The van der Waals surface area contributed by atoms with Crippen LogP contribution in [0.1, 0.15) is 35.7 Å². The van der Waals surface area contributed by atoms with E-state index in [2.05, 4.69) is 38.8 Å². The highest BCUT2D eigenvalue weighted by molar-refractivity contribution is 9.10. The Bertz CT molecular complexity index is 884. The van der Waals surface area contributed by atoms with Crippen LogP contribution in [0.5, 0.6) is 5.75 Å². The van der Waals surface area contributed by atoms with Gasteiger partial charge in [-0.05, 0) is 61.4 Å². The molecule has 0 aliphatic carbocycles. The van der Waals surface area contributed by atoms with Crippen molar-refractivity contribution in [3.63, 3.8) is 0 Å². The molecule has 7 nitrogen and oxygen atoms in total. The topological polar surface area (TPSA) is 96.5 Å². The van der Waals surface area contributed by atoms with Crippen molar-refractivity contribution in [3.05, 3.63) is 58.1 Å². The van der Waals surface area contributed by atoms with Crippen LogP contribution in [-0.4, -0.2) is 37.4 Å². The van der Waals surface area contributed by atoms with E-state index >= 15 is 0 Å². The first kappa shape index (κ1) is 23.4. The molecular formula is C22H26BrN3O4. The summed E-state index contributed by atoms with van der Waals surface area (Å²) in [5.74, 6) is -0.482. The summed E-state index contributed by atoms with van der Waals surface area (Å²) in [6.45, 7) is 4.23. The molecule has 0 atom stereocenters. The summed E-state index contributed by atoms with van der Waals surface area (Å²) in [7, 11) is 0. The molecule has 0 spiro atoms. The Morgan fingerprint density at radius 2 is 1.67 bits per heavy atom. The number of amides is 3. The first-order chi connectivity index (χ1) is 14.4. The Kier molecular flexibility index (Phi) is 9.34. The maximum atomic E-state index is 12.1. The zero-order chi connectivity index (χ0) is 21.9. The lowest BCUT2D eigenvalue weighted by molar-refractivity contribution is -0.123. The highest BCUT2D eigenvalue weighted by atomic mass is 79.9. The summed E-state index contributed by atoms with van der Waals surface area (Å²) in [5, 5.41) is 7.71. The van der Waals surface area contributed by atoms with Crippen molar-refractivity contribution in [2.24, 2.45) is 0 Å². The molecule has 0 aliphatic heterocycles. The normalized spacial score (nSPS) is 10.2. The predicted octanol–water partition coefficient (Wildman–Crippen LogP) is 3.42. The summed E-state index contributed by atoms with van der Waals surface area (Å²) >= 11 is 3.40. The van der Waals surface area contributed by atoms with E-state index in [4.69, 9.17) is 4.74 Å². The van der Waals surface area contributed by atoms with Gasteiger partial charge in [0.1, 0.15) is 5.75 Å². The number of carbonyl (C=O) groups is 3. The van der Waals surface area contributed by atoms with Crippen molar-refractivity contribution < 1.29 is 19.1 Å². The molecule has 8 heteroatoms. The number of anilines is 1. The molecule has 2 rings (SSSR count). The lowest BCUT2D eigenvalue weighted by atomic mass is 10.2. The van der Waals surface area contributed by atoms with Gasteiger partial charge in [0.15, 0.2) is 0 Å². The molecule has 0 fully saturated rings. The van der Waals surface area contributed by atoms with Gasteiger partial charge < -0.3 is 20.7 Å². The first-order valence-corrected chi connectivity index (χ1v) is 10.5. The number of halogens is 1. The fraction of sp³-hybridized carbons (Fsp3) is 0.318. The van der Waals surface area contributed by atoms with Crippen molar-refractivity contribution in [1.82, 2.24) is 10.6 Å². The van der Waals surface area contributed by atoms with E-state index in [1.807, 2.05) is 19.1 Å². The molecule has 0 radical (unpaired) electrons. The molecule has 30 heavy (non-hydrogen) atoms. The SMILES string of the molecule is CCCCOc1ccc(C(=O)NCC(=O)NCC(=O)Nc2ccc(Br)c(C)c2)cc1. The Hall–Kier alpha value is -2.87. The van der Waals surface area contributed by atoms with Crippen LogP contribution in [0, 0.1) is 6.92 Å². The fourth-order valence-corrected chi connectivity index (χ4v) is 2.72. The summed E-state index contributed by atoms with van der Waals surface area (Å²) < 4.78 is 6.50. The average Bonchev–Trinajstić information content (AvgIpc) is 2.74. The number of ether oxygens (including phenoxy) is 1. The van der Waals surface area contributed by atoms with Gasteiger partial charge in [0.05, 0.1) is 19.7 Å². The van der Waals surface area contributed by atoms with E-state index in [9.17, 15) is 14.4 Å². The summed E-state index contributed by atoms with van der Waals surface area (Å²) in [6.07, 6.45) is 2.02. The number of carbonyl (C=O) groups excluding carboxylic acids is 3. The molecule has 0 saturated carbocycles. The molecule has 2 aromatic rings. The van der Waals surface area contributed by atoms with E-state index in [1.165, 1.54) is 0 Å². The molecule has 2 aromatic carbocycles. The molecule has 0 bridgehead atoms. The van der Waals surface area contributed by atoms with E-state index < -0.39 is 5.91 Å². The summed E-state index contributed by atoms with van der Waals surface area (Å²) in [6, 6.07) is 12.1. The third-order valence-corrected chi connectivity index (χ3v) is 5.07. The van der Waals surface area contributed by atoms with E-state index in [-0.39, 0.29) is 24.9 Å². The van der Waals surface area contributed by atoms with Crippen molar-refractivity contribution in [1.29, 1.82) is 0 Å². The third kappa shape index (κ3) is 7.87. The summed E-state index contributed by atoms with van der Waals surface area (Å²) in [5.41, 5.74) is 2.06. The second-order valence-corrected chi connectivity index (χ2v) is 7.55. The number of hydrogen-bond acceptors (Lipinski definition) is 4. The second kappa shape index (κ2) is 12.0. The third-order valence-electron chi connectivity index (χ3n) is 4.18. The molecule has 0 unspecified atom stereocenters. The van der Waals surface area contributed by atoms with Crippen LogP contribution < -0.4 is 20.7 Å². The lowest BCUT2D eigenvalue weighted by Crippen LogP contribution is -2.40. The molecular weight excluding hydrogens is 450 g/mol. The zero-order valence-corrected chi connectivity index (χ0v) is 18.7. The minimum Gasteiger partial charge on any atom is -0.494 e. The van der Waals surface area contributed by atoms with Gasteiger partial charge in [0.25, 0.3) is 5.91 Å². The van der Waals surface area contributed by atoms with Gasteiger partial charge in [0.2, 0.25) is 11.8 Å². The summed E-state index contributed by atoms with van der Waals surface area (Å²) in [4.78, 5) is 36.0. The van der Waals surface area contributed by atoms with Gasteiger partial charge in [0, 0.05) is 15.7 Å². The van der Waals surface area contributed by atoms with Crippen LogP contribution in [0.3, 0.4) is 0 Å². The van der Waals surface area contributed by atoms with Crippen molar-refractivity contribution >= 4 is 39.3 Å². The van der Waals surface area contributed by atoms with E-state index in [0.717, 1.165) is 22.9 Å². The fourth-order valence-electron chi connectivity index (χ4n) is 2.47. The molecule has 3 amide bonds. The number of nitrogens with one attached hydrogen (secondary N) is 3. The van der Waals surface area contributed by atoms with E-state index in [1.54, 1.807) is 30.3 Å². The van der Waals surface area contributed by atoms with Crippen LogP contribution in [-0.2, 0) is 9.59 Å². The van der Waals surface area contributed by atoms with Crippen LogP contribution in [0.15, 0.2) is 46.9 Å². The lowest BCUT2D eigenvalue weighted by Gasteiger charge is -2.09. The van der Waals surface area contributed by atoms with Crippen LogP contribution >= 0.6 is 15.9 Å². The molecule has 0 aromatic heterocycles. The van der Waals surface area contributed by atoms with Crippen LogP contribution in [0.2, 0.25) is 0 Å². The van der Waals surface area contributed by atoms with Crippen LogP contribution in [0.4, 0.5) is 5.69 Å². The minimum absolute atomic E-state index is 0.187. The van der Waals surface area contributed by atoms with Crippen molar-refractivity contribution in [3.8, 4) is 5.75 Å². The smallest absolute Gasteiger partial charge is 0.251 e. The predicted molar refractivity (Wildman–Crippen MR) is 120 cm³/mol. The highest BCUT2D eigenvalue weighted by Gasteiger charge is 2.10. The monoisotopic (exact) mass is 475 g/mol. The zero-order valence-electron chi connectivity index (χ0n) is 17.1. The highest BCUT2D eigenvalue weighted by Crippen LogP contribution is 2.19. The first-order valence-electron chi connectivity index (χ1n) is 9.72. The molecule has 3 N–H and O–H groups in total. The van der Waals surface area contributed by atoms with Crippen LogP contribution in [0.25, 0.3) is 0 Å². The average molecular weight is 476 g/mol. The Balaban J connectivity index is 1.71. The van der Waals surface area contributed by atoms with Crippen molar-refractivity contribution in [2.45, 2.75) is 26.7 Å². The van der Waals surface area contributed by atoms with E-state index in [0.29, 0.717) is 23.6 Å². The van der Waals surface area contributed by atoms with Gasteiger partial charge >= 0.3 is 0 Å². The number of rotatable bonds is 10. The number of aryl methyl sites for hydroxylation is 1. The number of unbranched alkanes of at least 4 members (excludes halogenated alkanes) is 1. The van der Waals surface area contributed by atoms with Gasteiger partial charge in [-0.1, -0.05) is 29.3 Å². The molecule has 0 saturated heterocycles. The standard InChI is InChI=1S/C22H26BrN3O4/c1-3-4-11-30-18-8-5-16(6-9-18)22(29)25-13-20(27)24-14-21(28)26-17-7-10-19(23)15(2)12-17/h5-10,12H,3-4,11,13-14H2,1-2H3,(H,24,27)(H,25,29)(H,26,28). The molecule has 160 valence electrons. The number of hydrogen-bond donors (Lipinski definition) is 3. The van der Waals surface area contributed by atoms with Gasteiger partial charge in [-0.15, -0.1) is 0 Å². The van der Waals surface area contributed by atoms with Gasteiger partial charge in [-0.25, -0.2) is 0 Å². The Morgan fingerprint density at radius 1 is 0.967 bits per heavy atom. The second-order valence-electron chi connectivity index (χ2n) is 6.70. The maximum Gasteiger partial charge on any atom is 0.251 e. The quantitative estimate of drug-likeness (QED) is 0.458. The Morgan fingerprint density at radius 3 is 2.33 bits per heavy atom. The Labute approximate surface area is 184 Å². The maximum absolute atomic E-state index is 12.1. The van der Waals surface area contributed by atoms with Gasteiger partial charge in [-0.2, -0.15) is 0 Å². The molecule has 0 heterocycles. The van der Waals surface area contributed by atoms with Gasteiger partial charge in [-0.3, -0.25) is 14.4 Å².